The van der Waals surface area contributed by atoms with E-state index in [2.05, 4.69) is 0 Å². The van der Waals surface area contributed by atoms with E-state index < -0.39 is 0 Å². The van der Waals surface area contributed by atoms with Crippen LogP contribution in [0.4, 0.5) is 0 Å². The molecule has 0 rings (SSSR count). The zero-order chi connectivity index (χ0) is 0. The van der Waals surface area contributed by atoms with Crippen molar-refractivity contribution in [3.63, 3.8) is 0 Å². The number of rotatable bonds is 0. The van der Waals surface area contributed by atoms with E-state index in [1.54, 1.807) is 0 Å². The van der Waals surface area contributed by atoms with Gasteiger partial charge in [0, 0.05) is 60.3 Å². The normalized spacial score (nSPS) is 0. The summed E-state index contributed by atoms with van der Waals surface area (Å²) < 4.78 is 0. The second-order valence-corrected chi connectivity index (χ2v) is 0. The molecule has 0 bridgehead atoms. The molecule has 0 amide bonds. The SMILES string of the molecule is [Fe].[H-].[Li+].[Mn].[Zr]. The average molecular weight is 210 g/mol. The maximum Gasteiger partial charge on any atom is 1.00 e. The van der Waals surface area contributed by atoms with Gasteiger partial charge in [-0.25, -0.2) is 0 Å². The molecule has 1 radical (unpaired) electrons. The van der Waals surface area contributed by atoms with E-state index in [-0.39, 0.29) is 80.6 Å². The molecule has 0 aromatic heterocycles. The minimum atomic E-state index is 0. The summed E-state index contributed by atoms with van der Waals surface area (Å²) in [4.78, 5) is 0. The van der Waals surface area contributed by atoms with E-state index >= 15 is 0 Å². The van der Waals surface area contributed by atoms with Gasteiger partial charge >= 0.3 is 18.9 Å². The van der Waals surface area contributed by atoms with Gasteiger partial charge in [-0.1, -0.05) is 0 Å². The van der Waals surface area contributed by atoms with Crippen molar-refractivity contribution in [1.29, 1.82) is 0 Å². The van der Waals surface area contributed by atoms with Crippen molar-refractivity contribution >= 4 is 0 Å². The fraction of sp³-hybridized carbons (Fsp3) is 0. The third kappa shape index (κ3) is 8.82. The van der Waals surface area contributed by atoms with Gasteiger partial charge in [0.05, 0.1) is 0 Å². The van der Waals surface area contributed by atoms with Crippen molar-refractivity contribution in [2.45, 2.75) is 0 Å². The molecule has 0 aromatic rings. The predicted molar refractivity (Wildman–Crippen MR) is 1.11 cm³/mol. The number of hydrogen-bond donors (Lipinski definition) is 0. The molecule has 0 unspecified atom stereocenters. The largest absolute Gasteiger partial charge is 1.00 e. The molecule has 0 aromatic carbocycles. The van der Waals surface area contributed by atoms with Gasteiger partial charge in [-0.2, -0.15) is 0 Å². The quantitative estimate of drug-likeness (QED) is 0.376. The molecule has 0 atom stereocenters. The summed E-state index contributed by atoms with van der Waals surface area (Å²) in [6.07, 6.45) is 0. The molecule has 0 aliphatic carbocycles. The van der Waals surface area contributed by atoms with Crippen LogP contribution in [0.3, 0.4) is 0 Å². The van der Waals surface area contributed by atoms with Crippen LogP contribution in [0.2, 0.25) is 0 Å². The van der Waals surface area contributed by atoms with Gasteiger partial charge in [-0.3, -0.25) is 0 Å². The van der Waals surface area contributed by atoms with Gasteiger partial charge in [0.1, 0.15) is 0 Å². The summed E-state index contributed by atoms with van der Waals surface area (Å²) in [6, 6.07) is 0. The minimum absolute atomic E-state index is 0. The third-order valence-electron chi connectivity index (χ3n) is 0. The van der Waals surface area contributed by atoms with Gasteiger partial charge in [0.25, 0.3) is 0 Å². The molecule has 0 spiro atoms. The summed E-state index contributed by atoms with van der Waals surface area (Å²) >= 11 is 0. The van der Waals surface area contributed by atoms with Crippen LogP contribution < -0.4 is 18.9 Å². The van der Waals surface area contributed by atoms with E-state index in [0.29, 0.717) is 0 Å². The molecule has 0 N–H and O–H groups in total. The number of hydrogen-bond acceptors (Lipinski definition) is 0. The molecule has 0 nitrogen and oxygen atoms in total. The standard InChI is InChI=1S/Fe.Li.Mn.Zr.H/q;+1;;;-1. The Labute approximate surface area is 79.6 Å². The Bertz CT molecular complexity index is 11.6. The van der Waals surface area contributed by atoms with Crippen LogP contribution >= 0.6 is 0 Å². The molecule has 0 heterocycles. The molecule has 0 saturated carbocycles. The van der Waals surface area contributed by atoms with Gasteiger partial charge in [0.15, 0.2) is 0 Å². The van der Waals surface area contributed by atoms with Gasteiger partial charge in [0.2, 0.25) is 0 Å². The van der Waals surface area contributed by atoms with Gasteiger partial charge in [-0.05, 0) is 0 Å². The summed E-state index contributed by atoms with van der Waals surface area (Å²) in [5, 5.41) is 0. The van der Waals surface area contributed by atoms with Crippen LogP contribution in [0.15, 0.2) is 0 Å². The Balaban J connectivity index is 0. The van der Waals surface area contributed by atoms with Crippen molar-refractivity contribution in [3.8, 4) is 0 Å². The summed E-state index contributed by atoms with van der Waals surface area (Å²) in [7, 11) is 0. The molecular formula is HFeLiMnZr. The van der Waals surface area contributed by atoms with Crippen molar-refractivity contribution in [2.75, 3.05) is 0 Å². The Morgan fingerprint density at radius 1 is 1.25 bits per heavy atom. The minimum Gasteiger partial charge on any atom is -1.00 e. The first-order valence-corrected chi connectivity index (χ1v) is 0. The van der Waals surface area contributed by atoms with E-state index in [9.17, 15) is 0 Å². The van der Waals surface area contributed by atoms with Crippen LogP contribution in [-0.4, -0.2) is 0 Å². The zero-order valence-corrected chi connectivity index (χ0v) is 6.97. The molecule has 4 heavy (non-hydrogen) atoms. The van der Waals surface area contributed by atoms with Crippen molar-refractivity contribution < 1.29 is 80.6 Å². The Kier molecular flexibility index (Phi) is 139. The molecule has 0 aliphatic rings. The summed E-state index contributed by atoms with van der Waals surface area (Å²) in [6.45, 7) is 0. The van der Waals surface area contributed by atoms with E-state index in [1.165, 1.54) is 0 Å². The van der Waals surface area contributed by atoms with Crippen LogP contribution in [0, 0.1) is 0 Å². The second kappa shape index (κ2) is 17.8. The second-order valence-electron chi connectivity index (χ2n) is 0. The monoisotopic (exact) mass is 209 g/mol. The Hall–Kier alpha value is 2.52. The van der Waals surface area contributed by atoms with E-state index in [4.69, 9.17) is 0 Å². The fourth-order valence-electron chi connectivity index (χ4n) is 0. The van der Waals surface area contributed by atoms with Gasteiger partial charge < -0.3 is 1.43 Å². The molecule has 0 aliphatic heterocycles. The maximum atomic E-state index is 0. The molecular weight excluding hydrogens is 209 g/mol. The first kappa shape index (κ1) is 31.3. The van der Waals surface area contributed by atoms with Crippen molar-refractivity contribution in [1.82, 2.24) is 0 Å². The van der Waals surface area contributed by atoms with Crippen LogP contribution in [0.25, 0.3) is 0 Å². The Morgan fingerprint density at radius 3 is 1.25 bits per heavy atom. The fourth-order valence-corrected chi connectivity index (χ4v) is 0. The van der Waals surface area contributed by atoms with Gasteiger partial charge in [-0.15, -0.1) is 0 Å². The van der Waals surface area contributed by atoms with Crippen molar-refractivity contribution in [2.24, 2.45) is 0 Å². The smallest absolute Gasteiger partial charge is 1.00 e. The summed E-state index contributed by atoms with van der Waals surface area (Å²) in [5.74, 6) is 0. The Morgan fingerprint density at radius 2 is 1.25 bits per heavy atom. The van der Waals surface area contributed by atoms with Crippen LogP contribution in [-0.2, 0) is 60.3 Å². The maximum absolute atomic E-state index is 0. The summed E-state index contributed by atoms with van der Waals surface area (Å²) in [5.41, 5.74) is 0. The molecule has 0 fully saturated rings. The third-order valence-corrected chi connectivity index (χ3v) is 0. The first-order chi connectivity index (χ1) is 0. The van der Waals surface area contributed by atoms with Crippen LogP contribution in [0.1, 0.15) is 1.43 Å². The first-order valence-electron chi connectivity index (χ1n) is 0. The molecule has 0 saturated heterocycles. The molecule has 21 valence electrons. The zero-order valence-electron chi connectivity index (χ0n) is 3.23. The predicted octanol–water partition coefficient (Wildman–Crippen LogP) is -2.89. The topological polar surface area (TPSA) is 0 Å². The van der Waals surface area contributed by atoms with Crippen molar-refractivity contribution in [3.05, 3.63) is 0 Å². The average Bonchev–Trinajstić information content (AvgIpc) is 0. The van der Waals surface area contributed by atoms with E-state index in [0.717, 1.165) is 0 Å². The molecule has 4 heteroatoms. The van der Waals surface area contributed by atoms with E-state index in [1.807, 2.05) is 0 Å². The van der Waals surface area contributed by atoms with Crippen LogP contribution in [0.5, 0.6) is 0 Å².